The van der Waals surface area contributed by atoms with Gasteiger partial charge in [0.2, 0.25) is 10.0 Å². The van der Waals surface area contributed by atoms with Gasteiger partial charge in [-0.1, -0.05) is 31.2 Å². The van der Waals surface area contributed by atoms with Gasteiger partial charge in [0, 0.05) is 12.6 Å². The Kier molecular flexibility index (Phi) is 5.00. The molecule has 1 aromatic carbocycles. The number of hydrogen-bond donors (Lipinski definition) is 1. The van der Waals surface area contributed by atoms with Crippen molar-refractivity contribution in [3.63, 3.8) is 0 Å². The second kappa shape index (κ2) is 6.58. The van der Waals surface area contributed by atoms with Crippen molar-refractivity contribution in [1.29, 1.82) is 0 Å². The monoisotopic (exact) mass is 311 g/mol. The van der Waals surface area contributed by atoms with Crippen LogP contribution in [0.15, 0.2) is 24.3 Å². The predicted molar refractivity (Wildman–Crippen MR) is 80.4 cm³/mol. The molecule has 0 spiro atoms. The smallest absolute Gasteiger partial charge is 0.304 e. The zero-order valence-electron chi connectivity index (χ0n) is 12.2. The van der Waals surface area contributed by atoms with E-state index in [1.807, 2.05) is 24.3 Å². The molecule has 0 aromatic heterocycles. The number of carboxylic acids is 1. The number of carboxylic acid groups (broad SMARTS) is 1. The van der Waals surface area contributed by atoms with E-state index in [-0.39, 0.29) is 18.2 Å². The van der Waals surface area contributed by atoms with E-state index < -0.39 is 16.0 Å². The van der Waals surface area contributed by atoms with Gasteiger partial charge in [0.25, 0.3) is 0 Å². The van der Waals surface area contributed by atoms with Crippen LogP contribution in [-0.2, 0) is 27.8 Å². The zero-order valence-corrected chi connectivity index (χ0v) is 13.0. The number of rotatable bonds is 8. The van der Waals surface area contributed by atoms with Crippen LogP contribution in [0.3, 0.4) is 0 Å². The molecule has 1 fully saturated rings. The fraction of sp³-hybridized carbons (Fsp3) is 0.533. The molecule has 5 nitrogen and oxygen atoms in total. The Morgan fingerprint density at radius 1 is 1.24 bits per heavy atom. The van der Waals surface area contributed by atoms with Crippen molar-refractivity contribution >= 4 is 16.0 Å². The first-order valence-electron chi connectivity index (χ1n) is 7.21. The third-order valence-electron chi connectivity index (χ3n) is 3.65. The van der Waals surface area contributed by atoms with Crippen LogP contribution < -0.4 is 0 Å². The first-order chi connectivity index (χ1) is 9.92. The molecule has 2 rings (SSSR count). The number of aliphatic carboxylic acids is 1. The summed E-state index contributed by atoms with van der Waals surface area (Å²) in [4.78, 5) is 10.6. The van der Waals surface area contributed by atoms with Crippen LogP contribution in [0.2, 0.25) is 0 Å². The summed E-state index contributed by atoms with van der Waals surface area (Å²) in [6.07, 6.45) is 2.32. The Hall–Kier alpha value is -1.40. The molecule has 0 unspecified atom stereocenters. The van der Waals surface area contributed by atoms with Gasteiger partial charge in [-0.2, -0.15) is 4.31 Å². The standard InChI is InChI=1S/C15H21NO4S/c1-2-12-3-5-13(6-4-12)11-16(14-7-8-14)21(19,20)10-9-15(17)18/h3-6,14H,2,7-11H2,1H3,(H,17,18). The molecule has 0 aliphatic heterocycles. The third-order valence-corrected chi connectivity index (χ3v) is 5.52. The quantitative estimate of drug-likeness (QED) is 0.797. The topological polar surface area (TPSA) is 74.7 Å². The molecule has 1 N–H and O–H groups in total. The van der Waals surface area contributed by atoms with Gasteiger partial charge in [-0.25, -0.2) is 8.42 Å². The average molecular weight is 311 g/mol. The van der Waals surface area contributed by atoms with Crippen LogP contribution in [0, 0.1) is 0 Å². The van der Waals surface area contributed by atoms with E-state index in [0.29, 0.717) is 6.54 Å². The largest absolute Gasteiger partial charge is 0.481 e. The van der Waals surface area contributed by atoms with Crippen molar-refractivity contribution in [2.75, 3.05) is 5.75 Å². The summed E-state index contributed by atoms with van der Waals surface area (Å²) in [7, 11) is -3.52. The first-order valence-corrected chi connectivity index (χ1v) is 8.82. The summed E-state index contributed by atoms with van der Waals surface area (Å²) in [5.41, 5.74) is 2.16. The van der Waals surface area contributed by atoms with Gasteiger partial charge in [-0.05, 0) is 30.4 Å². The molecule has 1 aromatic rings. The minimum atomic E-state index is -3.52. The molecule has 0 amide bonds. The number of hydrogen-bond acceptors (Lipinski definition) is 3. The molecule has 116 valence electrons. The van der Waals surface area contributed by atoms with E-state index in [0.717, 1.165) is 24.8 Å². The van der Waals surface area contributed by atoms with E-state index in [1.165, 1.54) is 9.87 Å². The van der Waals surface area contributed by atoms with E-state index >= 15 is 0 Å². The van der Waals surface area contributed by atoms with E-state index in [2.05, 4.69) is 6.92 Å². The minimum absolute atomic E-state index is 0.0367. The van der Waals surface area contributed by atoms with Crippen LogP contribution in [0.1, 0.15) is 37.3 Å². The van der Waals surface area contributed by atoms with Gasteiger partial charge in [-0.15, -0.1) is 0 Å². The Labute approximate surface area is 125 Å². The van der Waals surface area contributed by atoms with E-state index in [4.69, 9.17) is 5.11 Å². The molecule has 0 bridgehead atoms. The molecular formula is C15H21NO4S. The molecule has 21 heavy (non-hydrogen) atoms. The van der Waals surface area contributed by atoms with Crippen LogP contribution in [0.5, 0.6) is 0 Å². The van der Waals surface area contributed by atoms with Crippen LogP contribution in [0.4, 0.5) is 0 Å². The van der Waals surface area contributed by atoms with Gasteiger partial charge in [0.05, 0.1) is 12.2 Å². The molecule has 0 radical (unpaired) electrons. The summed E-state index contributed by atoms with van der Waals surface area (Å²) in [6, 6.07) is 7.94. The lowest BCUT2D eigenvalue weighted by Crippen LogP contribution is -2.35. The Morgan fingerprint density at radius 2 is 1.81 bits per heavy atom. The van der Waals surface area contributed by atoms with Gasteiger partial charge in [-0.3, -0.25) is 4.79 Å². The molecular weight excluding hydrogens is 290 g/mol. The van der Waals surface area contributed by atoms with Crippen molar-refractivity contribution in [3.8, 4) is 0 Å². The van der Waals surface area contributed by atoms with Gasteiger partial charge in [0.15, 0.2) is 0 Å². The Bertz CT molecular complexity index is 591. The van der Waals surface area contributed by atoms with Crippen LogP contribution >= 0.6 is 0 Å². The summed E-state index contributed by atoms with van der Waals surface area (Å²) < 4.78 is 26.1. The summed E-state index contributed by atoms with van der Waals surface area (Å²) >= 11 is 0. The number of nitrogens with zero attached hydrogens (tertiary/aromatic N) is 1. The van der Waals surface area contributed by atoms with Crippen LogP contribution in [-0.4, -0.2) is 35.6 Å². The lowest BCUT2D eigenvalue weighted by atomic mass is 10.1. The molecule has 1 aliphatic rings. The average Bonchev–Trinajstić information content (AvgIpc) is 3.27. The Morgan fingerprint density at radius 3 is 2.29 bits per heavy atom. The lowest BCUT2D eigenvalue weighted by molar-refractivity contribution is -0.136. The molecule has 6 heteroatoms. The minimum Gasteiger partial charge on any atom is -0.481 e. The fourth-order valence-electron chi connectivity index (χ4n) is 2.21. The Balaban J connectivity index is 2.09. The van der Waals surface area contributed by atoms with Crippen molar-refractivity contribution in [2.45, 2.75) is 45.2 Å². The zero-order chi connectivity index (χ0) is 15.5. The highest BCUT2D eigenvalue weighted by atomic mass is 32.2. The molecule has 0 heterocycles. The second-order valence-electron chi connectivity index (χ2n) is 5.41. The van der Waals surface area contributed by atoms with Crippen molar-refractivity contribution in [3.05, 3.63) is 35.4 Å². The number of carbonyl (C=O) groups is 1. The number of aryl methyl sites for hydroxylation is 1. The fourth-order valence-corrected chi connectivity index (χ4v) is 3.89. The maximum Gasteiger partial charge on any atom is 0.304 e. The normalized spacial score (nSPS) is 15.3. The highest BCUT2D eigenvalue weighted by Gasteiger charge is 2.37. The van der Waals surface area contributed by atoms with Crippen molar-refractivity contribution < 1.29 is 18.3 Å². The number of sulfonamides is 1. The highest BCUT2D eigenvalue weighted by molar-refractivity contribution is 7.89. The van der Waals surface area contributed by atoms with Crippen molar-refractivity contribution in [1.82, 2.24) is 4.31 Å². The summed E-state index contributed by atoms with van der Waals surface area (Å²) in [5, 5.41) is 8.68. The third kappa shape index (κ3) is 4.54. The predicted octanol–water partition coefficient (Wildman–Crippen LogP) is 2.02. The van der Waals surface area contributed by atoms with Crippen LogP contribution in [0.25, 0.3) is 0 Å². The number of benzene rings is 1. The maximum absolute atomic E-state index is 12.3. The molecule has 1 saturated carbocycles. The first kappa shape index (κ1) is 16.0. The van der Waals surface area contributed by atoms with Gasteiger partial charge >= 0.3 is 5.97 Å². The summed E-state index contributed by atoms with van der Waals surface area (Å²) in [6.45, 7) is 2.40. The lowest BCUT2D eigenvalue weighted by Gasteiger charge is -2.21. The van der Waals surface area contributed by atoms with Gasteiger partial charge < -0.3 is 5.11 Å². The highest BCUT2D eigenvalue weighted by Crippen LogP contribution is 2.31. The second-order valence-corrected chi connectivity index (χ2v) is 7.45. The maximum atomic E-state index is 12.3. The van der Waals surface area contributed by atoms with Crippen molar-refractivity contribution in [2.24, 2.45) is 0 Å². The van der Waals surface area contributed by atoms with E-state index in [1.54, 1.807) is 0 Å². The molecule has 1 aliphatic carbocycles. The summed E-state index contributed by atoms with van der Waals surface area (Å²) in [5.74, 6) is -1.41. The molecule has 0 atom stereocenters. The SMILES string of the molecule is CCc1ccc(CN(C2CC2)S(=O)(=O)CCC(=O)O)cc1. The van der Waals surface area contributed by atoms with Gasteiger partial charge in [0.1, 0.15) is 0 Å². The molecule has 0 saturated heterocycles. The van der Waals surface area contributed by atoms with E-state index in [9.17, 15) is 13.2 Å².